The van der Waals surface area contributed by atoms with Gasteiger partial charge >= 0.3 is 12.5 Å². The standard InChI is InChI=1S/C25H22F7N5O3/c1-13-10-19(38)36-22(35-13)20-17(24(27,28)29)4-2-15(21(20)26)11-34-23(39)14-6-8-37(9-7-14)18-5-3-16(12-33-18)40-25(30,31)32/h2-5,10,12,14H,6-9,11H2,1H3,(H,34,39)(H,35,36,38). The number of H-pyrrole nitrogens is 1. The number of carbonyl (C=O) groups is 1. The number of amides is 1. The van der Waals surface area contributed by atoms with Gasteiger partial charge in [0, 0.05) is 42.9 Å². The van der Waals surface area contributed by atoms with Gasteiger partial charge in [-0.1, -0.05) is 6.07 Å². The largest absolute Gasteiger partial charge is 0.573 e. The number of nitrogens with zero attached hydrogens (tertiary/aromatic N) is 3. The molecule has 1 fully saturated rings. The molecule has 15 heteroatoms. The van der Waals surface area contributed by atoms with E-state index >= 15 is 4.39 Å². The van der Waals surface area contributed by atoms with Gasteiger partial charge in [0.05, 0.1) is 17.3 Å². The van der Waals surface area contributed by atoms with Crippen molar-refractivity contribution in [2.75, 3.05) is 18.0 Å². The number of piperidine rings is 1. The van der Waals surface area contributed by atoms with Gasteiger partial charge in [0.2, 0.25) is 5.91 Å². The number of hydrogen-bond donors (Lipinski definition) is 2. The van der Waals surface area contributed by atoms with Gasteiger partial charge in [0.1, 0.15) is 23.2 Å². The van der Waals surface area contributed by atoms with E-state index in [9.17, 15) is 35.9 Å². The van der Waals surface area contributed by atoms with Gasteiger partial charge in [-0.3, -0.25) is 9.59 Å². The zero-order valence-electron chi connectivity index (χ0n) is 20.8. The van der Waals surface area contributed by atoms with Crippen molar-refractivity contribution in [2.24, 2.45) is 5.92 Å². The van der Waals surface area contributed by atoms with E-state index in [1.165, 1.54) is 13.0 Å². The number of ether oxygens (including phenoxy) is 1. The molecule has 0 saturated carbocycles. The van der Waals surface area contributed by atoms with E-state index in [0.717, 1.165) is 24.4 Å². The molecular formula is C25H22F7N5O3. The molecule has 2 aromatic heterocycles. The van der Waals surface area contributed by atoms with Crippen molar-refractivity contribution in [3.05, 3.63) is 69.5 Å². The summed E-state index contributed by atoms with van der Waals surface area (Å²) in [5, 5.41) is 2.54. The Labute approximate surface area is 222 Å². The van der Waals surface area contributed by atoms with Crippen LogP contribution in [0, 0.1) is 18.7 Å². The highest BCUT2D eigenvalue weighted by Gasteiger charge is 2.37. The summed E-state index contributed by atoms with van der Waals surface area (Å²) < 4.78 is 97.0. The summed E-state index contributed by atoms with van der Waals surface area (Å²) in [7, 11) is 0. The van der Waals surface area contributed by atoms with Crippen LogP contribution in [0.5, 0.6) is 5.75 Å². The summed E-state index contributed by atoms with van der Waals surface area (Å²) in [6, 6.07) is 5.12. The Morgan fingerprint density at radius 1 is 1.12 bits per heavy atom. The molecule has 0 unspecified atom stereocenters. The van der Waals surface area contributed by atoms with E-state index in [2.05, 4.69) is 25.0 Å². The first kappa shape index (κ1) is 28.8. The normalized spacial score (nSPS) is 14.8. The lowest BCUT2D eigenvalue weighted by molar-refractivity contribution is -0.274. The molecule has 0 spiro atoms. The fourth-order valence-electron chi connectivity index (χ4n) is 4.37. The van der Waals surface area contributed by atoms with Crippen molar-refractivity contribution >= 4 is 11.7 Å². The Hall–Kier alpha value is -4.17. The van der Waals surface area contributed by atoms with Crippen LogP contribution in [0.15, 0.2) is 41.3 Å². The highest BCUT2D eigenvalue weighted by atomic mass is 19.4. The monoisotopic (exact) mass is 573 g/mol. The number of aromatic amines is 1. The Bertz CT molecular complexity index is 1430. The van der Waals surface area contributed by atoms with Crippen molar-refractivity contribution in [1.29, 1.82) is 0 Å². The number of hydrogen-bond acceptors (Lipinski definition) is 6. The summed E-state index contributed by atoms with van der Waals surface area (Å²) in [4.78, 5) is 36.3. The Balaban J connectivity index is 1.42. The van der Waals surface area contributed by atoms with E-state index < -0.39 is 65.0 Å². The molecule has 0 radical (unpaired) electrons. The van der Waals surface area contributed by atoms with Crippen molar-refractivity contribution in [1.82, 2.24) is 20.3 Å². The van der Waals surface area contributed by atoms with Crippen molar-refractivity contribution in [3.63, 3.8) is 0 Å². The van der Waals surface area contributed by atoms with Gasteiger partial charge in [-0.2, -0.15) is 13.2 Å². The molecule has 3 heterocycles. The zero-order chi connectivity index (χ0) is 29.2. The second-order valence-corrected chi connectivity index (χ2v) is 9.07. The van der Waals surface area contributed by atoms with Crippen LogP contribution in [0.3, 0.4) is 0 Å². The number of rotatable bonds is 6. The minimum absolute atomic E-state index is 0.0945. The number of nitrogens with one attached hydrogen (secondary N) is 2. The summed E-state index contributed by atoms with van der Waals surface area (Å²) >= 11 is 0. The lowest BCUT2D eigenvalue weighted by atomic mass is 9.95. The van der Waals surface area contributed by atoms with Crippen LogP contribution in [0.1, 0.15) is 29.7 Å². The summed E-state index contributed by atoms with van der Waals surface area (Å²) in [6.07, 6.45) is -8.13. The lowest BCUT2D eigenvalue weighted by Crippen LogP contribution is -2.40. The minimum atomic E-state index is -4.94. The molecule has 0 aliphatic carbocycles. The van der Waals surface area contributed by atoms with E-state index in [1.54, 1.807) is 4.90 Å². The maximum absolute atomic E-state index is 15.4. The molecule has 2 N–H and O–H groups in total. The number of aromatic nitrogens is 3. The molecule has 0 bridgehead atoms. The Morgan fingerprint density at radius 2 is 1.82 bits per heavy atom. The van der Waals surface area contributed by atoms with Crippen LogP contribution < -0.4 is 20.5 Å². The average molecular weight is 573 g/mol. The smallest absolute Gasteiger partial charge is 0.404 e. The quantitative estimate of drug-likeness (QED) is 0.414. The Morgan fingerprint density at radius 3 is 2.40 bits per heavy atom. The third-order valence-electron chi connectivity index (χ3n) is 6.23. The fraction of sp³-hybridized carbons (Fsp3) is 0.360. The zero-order valence-corrected chi connectivity index (χ0v) is 20.8. The van der Waals surface area contributed by atoms with Gasteiger partial charge in [0.15, 0.2) is 0 Å². The van der Waals surface area contributed by atoms with Gasteiger partial charge < -0.3 is 19.9 Å². The number of alkyl halides is 6. The van der Waals surface area contributed by atoms with Crippen LogP contribution in [0.25, 0.3) is 11.4 Å². The van der Waals surface area contributed by atoms with E-state index in [0.29, 0.717) is 37.8 Å². The first-order chi connectivity index (χ1) is 18.7. The number of benzene rings is 1. The highest BCUT2D eigenvalue weighted by molar-refractivity contribution is 5.79. The van der Waals surface area contributed by atoms with Crippen LogP contribution in [-0.2, 0) is 17.5 Å². The highest BCUT2D eigenvalue weighted by Crippen LogP contribution is 2.38. The summed E-state index contributed by atoms with van der Waals surface area (Å²) in [5.41, 5.74) is -3.14. The van der Waals surface area contributed by atoms with Crippen LogP contribution in [-0.4, -0.2) is 40.3 Å². The number of anilines is 1. The molecule has 40 heavy (non-hydrogen) atoms. The van der Waals surface area contributed by atoms with Gasteiger partial charge in [0.25, 0.3) is 5.56 Å². The van der Waals surface area contributed by atoms with E-state index in [4.69, 9.17) is 0 Å². The van der Waals surface area contributed by atoms with E-state index in [1.807, 2.05) is 0 Å². The maximum atomic E-state index is 15.4. The number of carbonyl (C=O) groups excluding carboxylic acids is 1. The molecule has 1 saturated heterocycles. The molecule has 0 atom stereocenters. The lowest BCUT2D eigenvalue weighted by Gasteiger charge is -2.32. The van der Waals surface area contributed by atoms with Gasteiger partial charge in [-0.05, 0) is 38.0 Å². The number of pyridine rings is 1. The molecule has 8 nitrogen and oxygen atoms in total. The van der Waals surface area contributed by atoms with Gasteiger partial charge in [-0.25, -0.2) is 14.4 Å². The molecule has 1 aliphatic heterocycles. The van der Waals surface area contributed by atoms with Crippen LogP contribution >= 0.6 is 0 Å². The van der Waals surface area contributed by atoms with E-state index in [-0.39, 0.29) is 11.3 Å². The third-order valence-corrected chi connectivity index (χ3v) is 6.23. The summed E-state index contributed by atoms with van der Waals surface area (Å²) in [6.45, 7) is 1.69. The predicted octanol–water partition coefficient (Wildman–Crippen LogP) is 4.73. The van der Waals surface area contributed by atoms with Crippen LogP contribution in [0.4, 0.5) is 36.6 Å². The minimum Gasteiger partial charge on any atom is -0.404 e. The molecular weight excluding hydrogens is 551 g/mol. The second-order valence-electron chi connectivity index (χ2n) is 9.07. The summed E-state index contributed by atoms with van der Waals surface area (Å²) in [5.74, 6) is -2.85. The third kappa shape index (κ3) is 6.87. The van der Waals surface area contributed by atoms with Crippen LogP contribution in [0.2, 0.25) is 0 Å². The fourth-order valence-corrected chi connectivity index (χ4v) is 4.37. The van der Waals surface area contributed by atoms with Crippen molar-refractivity contribution in [2.45, 2.75) is 38.8 Å². The predicted molar refractivity (Wildman–Crippen MR) is 128 cm³/mol. The first-order valence-corrected chi connectivity index (χ1v) is 11.9. The second kappa shape index (κ2) is 11.1. The number of halogens is 7. The molecule has 214 valence electrons. The molecule has 1 aliphatic rings. The molecule has 1 amide bonds. The number of aryl methyl sites for hydroxylation is 1. The molecule has 3 aromatic rings. The van der Waals surface area contributed by atoms with Crippen molar-refractivity contribution < 1.29 is 40.3 Å². The maximum Gasteiger partial charge on any atom is 0.573 e. The average Bonchev–Trinajstić information content (AvgIpc) is 2.86. The molecule has 4 rings (SSSR count). The van der Waals surface area contributed by atoms with Gasteiger partial charge in [-0.15, -0.1) is 13.2 Å². The topological polar surface area (TPSA) is 100 Å². The molecule has 1 aromatic carbocycles. The first-order valence-electron chi connectivity index (χ1n) is 11.9. The van der Waals surface area contributed by atoms with Crippen molar-refractivity contribution in [3.8, 4) is 17.1 Å². The SMILES string of the molecule is Cc1cc(=O)[nH]c(-c2c(C(F)(F)F)ccc(CNC(=O)C3CCN(c4ccc(OC(F)(F)F)cn4)CC3)c2F)n1. The Kier molecular flexibility index (Phi) is 8.03.